The van der Waals surface area contributed by atoms with Crippen LogP contribution in [0, 0.1) is 0 Å². The van der Waals surface area contributed by atoms with Crippen molar-refractivity contribution in [1.29, 1.82) is 0 Å². The highest BCUT2D eigenvalue weighted by molar-refractivity contribution is 9.10. The van der Waals surface area contributed by atoms with Crippen LogP contribution in [-0.4, -0.2) is 24.5 Å². The third-order valence-corrected chi connectivity index (χ3v) is 3.61. The zero-order valence-corrected chi connectivity index (χ0v) is 12.0. The van der Waals surface area contributed by atoms with Gasteiger partial charge in [0, 0.05) is 34.5 Å². The third kappa shape index (κ3) is 2.76. The maximum absolute atomic E-state index is 13.0. The normalized spacial score (nSPS) is 15.7. The number of rotatable bonds is 3. The number of alkyl halides is 3. The highest BCUT2D eigenvalue weighted by Gasteiger charge is 2.54. The molecule has 0 spiro atoms. The number of aliphatic imine (C=N–C) groups is 1. The van der Waals surface area contributed by atoms with Crippen molar-refractivity contribution in [2.45, 2.75) is 25.1 Å². The summed E-state index contributed by atoms with van der Waals surface area (Å²) in [6.45, 7) is 1.25. The van der Waals surface area contributed by atoms with Gasteiger partial charge in [-0.2, -0.15) is 13.2 Å². The van der Waals surface area contributed by atoms with Crippen LogP contribution in [0.3, 0.4) is 0 Å². The molecule has 1 aromatic carbocycles. The highest BCUT2D eigenvalue weighted by Crippen LogP contribution is 2.44. The van der Waals surface area contributed by atoms with E-state index < -0.39 is 18.2 Å². The number of benzene rings is 1. The van der Waals surface area contributed by atoms with Crippen LogP contribution in [0.15, 0.2) is 21.6 Å². The van der Waals surface area contributed by atoms with Crippen molar-refractivity contribution in [2.75, 3.05) is 12.8 Å². The van der Waals surface area contributed by atoms with E-state index >= 15 is 0 Å². The van der Waals surface area contributed by atoms with Gasteiger partial charge in [-0.1, -0.05) is 28.9 Å². The summed E-state index contributed by atoms with van der Waals surface area (Å²) >= 11 is 3.19. The quantitative estimate of drug-likeness (QED) is 0.656. The average molecular weight is 339 g/mol. The lowest BCUT2D eigenvalue weighted by Gasteiger charge is -2.31. The first kappa shape index (κ1) is 16.0. The van der Waals surface area contributed by atoms with Crippen molar-refractivity contribution < 1.29 is 18.3 Å². The molecular formula is C12H14BrF3N2O. The molecule has 1 unspecified atom stereocenters. The topological polar surface area (TPSA) is 58.6 Å². The van der Waals surface area contributed by atoms with Crippen LogP contribution in [0.1, 0.15) is 24.5 Å². The van der Waals surface area contributed by atoms with Crippen LogP contribution in [-0.2, 0) is 5.60 Å². The molecule has 106 valence electrons. The van der Waals surface area contributed by atoms with Gasteiger partial charge in [-0.3, -0.25) is 4.99 Å². The van der Waals surface area contributed by atoms with Gasteiger partial charge in [0.05, 0.1) is 0 Å². The van der Waals surface area contributed by atoms with Crippen molar-refractivity contribution in [3.8, 4) is 0 Å². The summed E-state index contributed by atoms with van der Waals surface area (Å²) in [5.74, 6) is 0. The summed E-state index contributed by atoms with van der Waals surface area (Å²) in [6, 6.07) is 2.58. The van der Waals surface area contributed by atoms with Crippen molar-refractivity contribution in [3.05, 3.63) is 27.7 Å². The Hall–Kier alpha value is -1.08. The second-order valence-corrected chi connectivity index (χ2v) is 4.88. The Labute approximate surface area is 117 Å². The van der Waals surface area contributed by atoms with E-state index in [0.717, 1.165) is 0 Å². The number of hydrogen-bond acceptors (Lipinski definition) is 3. The second-order valence-electron chi connectivity index (χ2n) is 4.02. The predicted molar refractivity (Wildman–Crippen MR) is 72.3 cm³/mol. The number of halogens is 4. The van der Waals surface area contributed by atoms with Gasteiger partial charge < -0.3 is 10.8 Å². The van der Waals surface area contributed by atoms with Crippen LogP contribution in [0.4, 0.5) is 18.9 Å². The maximum atomic E-state index is 13.0. The highest BCUT2D eigenvalue weighted by atomic mass is 79.9. The smallest absolute Gasteiger partial charge is 0.398 e. The standard InChI is InChI=1S/C12H14BrF3N2O/c1-3-11(19,12(14,15)16)8-4-5-9(13)7(6-18-2)10(8)17/h4-6,19H,3,17H2,1-2H3. The van der Waals surface area contributed by atoms with Gasteiger partial charge in [-0.05, 0) is 12.5 Å². The first-order valence-electron chi connectivity index (χ1n) is 5.48. The van der Waals surface area contributed by atoms with E-state index in [-0.39, 0.29) is 11.3 Å². The summed E-state index contributed by atoms with van der Waals surface area (Å²) < 4.78 is 39.6. The minimum absolute atomic E-state index is 0.137. The molecule has 0 heterocycles. The minimum atomic E-state index is -4.80. The average Bonchev–Trinajstić information content (AvgIpc) is 2.32. The molecule has 0 radical (unpaired) electrons. The Bertz CT molecular complexity index is 502. The van der Waals surface area contributed by atoms with E-state index in [9.17, 15) is 18.3 Å². The molecule has 1 rings (SSSR count). The summed E-state index contributed by atoms with van der Waals surface area (Å²) in [7, 11) is 1.48. The summed E-state index contributed by atoms with van der Waals surface area (Å²) in [6.07, 6.45) is -3.98. The van der Waals surface area contributed by atoms with Crippen LogP contribution >= 0.6 is 15.9 Å². The fourth-order valence-electron chi connectivity index (χ4n) is 1.77. The molecule has 0 aliphatic carbocycles. The second kappa shape index (κ2) is 5.50. The zero-order valence-electron chi connectivity index (χ0n) is 10.4. The molecule has 0 fully saturated rings. The number of nitrogen functional groups attached to an aromatic ring is 1. The van der Waals surface area contributed by atoms with Crippen molar-refractivity contribution in [3.63, 3.8) is 0 Å². The molecule has 0 bridgehead atoms. The number of aliphatic hydroxyl groups is 1. The molecule has 0 amide bonds. The maximum Gasteiger partial charge on any atom is 0.421 e. The lowest BCUT2D eigenvalue weighted by Crippen LogP contribution is -2.42. The molecular weight excluding hydrogens is 325 g/mol. The molecule has 0 aliphatic heterocycles. The van der Waals surface area contributed by atoms with Crippen LogP contribution in [0.25, 0.3) is 0 Å². The molecule has 3 nitrogen and oxygen atoms in total. The molecule has 0 aromatic heterocycles. The van der Waals surface area contributed by atoms with E-state index in [1.54, 1.807) is 0 Å². The molecule has 1 atom stereocenters. The largest absolute Gasteiger partial charge is 0.421 e. The van der Waals surface area contributed by atoms with Crippen LogP contribution < -0.4 is 5.73 Å². The van der Waals surface area contributed by atoms with Gasteiger partial charge in [-0.15, -0.1) is 0 Å². The molecule has 1 aromatic rings. The SMILES string of the molecule is CCC(O)(c1ccc(Br)c(C=NC)c1N)C(F)(F)F. The Morgan fingerprint density at radius 3 is 2.42 bits per heavy atom. The summed E-state index contributed by atoms with van der Waals surface area (Å²) in [5.41, 5.74) is 2.60. The van der Waals surface area contributed by atoms with E-state index in [1.165, 1.54) is 32.3 Å². The van der Waals surface area contributed by atoms with Crippen LogP contribution in [0.2, 0.25) is 0 Å². The monoisotopic (exact) mass is 338 g/mol. The Kier molecular flexibility index (Phi) is 4.63. The zero-order chi connectivity index (χ0) is 14.8. The van der Waals surface area contributed by atoms with E-state index in [1.807, 2.05) is 0 Å². The number of nitrogens with zero attached hydrogens (tertiary/aromatic N) is 1. The molecule has 0 aliphatic rings. The van der Waals surface area contributed by atoms with Gasteiger partial charge in [0.2, 0.25) is 0 Å². The van der Waals surface area contributed by atoms with Crippen molar-refractivity contribution in [2.24, 2.45) is 4.99 Å². The lowest BCUT2D eigenvalue weighted by atomic mass is 9.88. The van der Waals surface area contributed by atoms with Crippen molar-refractivity contribution >= 4 is 27.8 Å². The van der Waals surface area contributed by atoms with Gasteiger partial charge in [0.25, 0.3) is 0 Å². The predicted octanol–water partition coefficient (Wildman–Crippen LogP) is 3.24. The van der Waals surface area contributed by atoms with Crippen molar-refractivity contribution in [1.82, 2.24) is 0 Å². The van der Waals surface area contributed by atoms with Gasteiger partial charge >= 0.3 is 6.18 Å². The summed E-state index contributed by atoms with van der Waals surface area (Å²) in [4.78, 5) is 3.74. The van der Waals surface area contributed by atoms with Gasteiger partial charge in [-0.25, -0.2) is 0 Å². The number of hydrogen-bond donors (Lipinski definition) is 2. The molecule has 0 saturated heterocycles. The van der Waals surface area contributed by atoms with E-state index in [0.29, 0.717) is 10.0 Å². The Balaban J connectivity index is 3.56. The van der Waals surface area contributed by atoms with Gasteiger partial charge in [0.15, 0.2) is 5.60 Å². The molecule has 0 saturated carbocycles. The summed E-state index contributed by atoms with van der Waals surface area (Å²) in [5, 5.41) is 9.93. The molecule has 7 heteroatoms. The lowest BCUT2D eigenvalue weighted by molar-refractivity contribution is -0.267. The third-order valence-electron chi connectivity index (χ3n) is 2.92. The first-order valence-corrected chi connectivity index (χ1v) is 6.28. The Morgan fingerprint density at radius 1 is 1.42 bits per heavy atom. The fraction of sp³-hybridized carbons (Fsp3) is 0.417. The molecule has 3 N–H and O–H groups in total. The first-order chi connectivity index (χ1) is 8.69. The van der Waals surface area contributed by atoms with E-state index in [2.05, 4.69) is 20.9 Å². The Morgan fingerprint density at radius 2 is 2.00 bits per heavy atom. The molecule has 19 heavy (non-hydrogen) atoms. The van der Waals surface area contributed by atoms with Gasteiger partial charge in [0.1, 0.15) is 0 Å². The minimum Gasteiger partial charge on any atom is -0.398 e. The van der Waals surface area contributed by atoms with Crippen LogP contribution in [0.5, 0.6) is 0 Å². The number of nitrogens with two attached hydrogens (primary N) is 1. The number of anilines is 1. The fourth-order valence-corrected chi connectivity index (χ4v) is 2.22. The van der Waals surface area contributed by atoms with E-state index in [4.69, 9.17) is 5.73 Å².